The van der Waals surface area contributed by atoms with Crippen molar-refractivity contribution in [3.05, 3.63) is 18.2 Å². The van der Waals surface area contributed by atoms with Gasteiger partial charge in [-0.15, -0.1) is 0 Å². The summed E-state index contributed by atoms with van der Waals surface area (Å²) in [6, 6.07) is 0.153. The molecule has 0 spiro atoms. The first-order valence-corrected chi connectivity index (χ1v) is 5.83. The van der Waals surface area contributed by atoms with E-state index in [9.17, 15) is 8.78 Å². The first kappa shape index (κ1) is 12.4. The second-order valence-corrected chi connectivity index (χ2v) is 4.25. The molecule has 1 aliphatic rings. The molecule has 0 aliphatic carbocycles. The van der Waals surface area contributed by atoms with Gasteiger partial charge in [0.25, 0.3) is 0 Å². The van der Waals surface area contributed by atoms with Gasteiger partial charge in [0.15, 0.2) is 0 Å². The van der Waals surface area contributed by atoms with Crippen LogP contribution in [-0.2, 0) is 11.3 Å². The molecule has 2 rings (SSSR count). The maximum atomic E-state index is 12.6. The van der Waals surface area contributed by atoms with Crippen LogP contribution in [0.3, 0.4) is 0 Å². The Morgan fingerprint density at radius 1 is 1.65 bits per heavy atom. The highest BCUT2D eigenvalue weighted by Gasteiger charge is 2.22. The van der Waals surface area contributed by atoms with Crippen molar-refractivity contribution in [1.82, 2.24) is 14.9 Å². The molecule has 1 N–H and O–H groups in total. The number of alkyl halides is 2. The molecule has 1 aromatic heterocycles. The molecule has 1 fully saturated rings. The van der Waals surface area contributed by atoms with E-state index in [0.29, 0.717) is 12.4 Å². The molecule has 2 heterocycles. The van der Waals surface area contributed by atoms with Crippen LogP contribution in [0, 0.1) is 0 Å². The van der Waals surface area contributed by atoms with E-state index in [4.69, 9.17) is 4.74 Å². The van der Waals surface area contributed by atoms with Gasteiger partial charge in [-0.2, -0.15) is 8.78 Å². The van der Waals surface area contributed by atoms with Crippen LogP contribution in [0.5, 0.6) is 0 Å². The molecule has 4 nitrogen and oxygen atoms in total. The standard InChI is InChI=1S/C11H17F2N3O/c1-8(9-3-2-6-17-9)15-7-10-14-4-5-16(10)11(12)13/h4-5,8-9,11,15H,2-3,6-7H2,1H3. The van der Waals surface area contributed by atoms with E-state index in [2.05, 4.69) is 10.3 Å². The van der Waals surface area contributed by atoms with Gasteiger partial charge in [-0.1, -0.05) is 0 Å². The summed E-state index contributed by atoms with van der Waals surface area (Å²) in [7, 11) is 0. The Bertz CT molecular complexity index is 350. The summed E-state index contributed by atoms with van der Waals surface area (Å²) in [4.78, 5) is 3.92. The Morgan fingerprint density at radius 2 is 2.47 bits per heavy atom. The highest BCUT2D eigenvalue weighted by Crippen LogP contribution is 2.16. The van der Waals surface area contributed by atoms with Crippen molar-refractivity contribution in [2.24, 2.45) is 0 Å². The summed E-state index contributed by atoms with van der Waals surface area (Å²) < 4.78 is 31.5. The molecule has 1 saturated heterocycles. The number of imidazole rings is 1. The molecular formula is C11H17F2N3O. The molecule has 2 unspecified atom stereocenters. The fourth-order valence-electron chi connectivity index (χ4n) is 2.04. The molecule has 96 valence electrons. The third-order valence-electron chi connectivity index (χ3n) is 3.06. The maximum Gasteiger partial charge on any atom is 0.319 e. The van der Waals surface area contributed by atoms with Crippen molar-refractivity contribution in [1.29, 1.82) is 0 Å². The molecule has 0 radical (unpaired) electrons. The summed E-state index contributed by atoms with van der Waals surface area (Å²) in [5.41, 5.74) is 0. The molecule has 1 aliphatic heterocycles. The van der Waals surface area contributed by atoms with Gasteiger partial charge in [0.2, 0.25) is 0 Å². The van der Waals surface area contributed by atoms with Crippen LogP contribution in [0.4, 0.5) is 8.78 Å². The molecule has 0 aromatic carbocycles. The molecule has 0 amide bonds. The van der Waals surface area contributed by atoms with Crippen LogP contribution in [0.15, 0.2) is 12.4 Å². The van der Waals surface area contributed by atoms with Gasteiger partial charge in [-0.05, 0) is 19.8 Å². The fraction of sp³-hybridized carbons (Fsp3) is 0.727. The molecule has 0 saturated carbocycles. The maximum absolute atomic E-state index is 12.6. The SMILES string of the molecule is CC(NCc1nccn1C(F)F)C1CCCO1. The summed E-state index contributed by atoms with van der Waals surface area (Å²) in [5, 5.41) is 3.18. The van der Waals surface area contributed by atoms with Crippen molar-refractivity contribution in [3.63, 3.8) is 0 Å². The first-order valence-electron chi connectivity index (χ1n) is 5.83. The number of aromatic nitrogens is 2. The summed E-state index contributed by atoms with van der Waals surface area (Å²) >= 11 is 0. The Balaban J connectivity index is 1.86. The monoisotopic (exact) mass is 245 g/mol. The highest BCUT2D eigenvalue weighted by molar-refractivity contribution is 4.93. The Kier molecular flexibility index (Phi) is 4.06. The lowest BCUT2D eigenvalue weighted by Gasteiger charge is -2.20. The van der Waals surface area contributed by atoms with E-state index in [0.717, 1.165) is 24.0 Å². The third-order valence-corrected chi connectivity index (χ3v) is 3.06. The fourth-order valence-corrected chi connectivity index (χ4v) is 2.04. The summed E-state index contributed by atoms with van der Waals surface area (Å²) in [5.74, 6) is 0.352. The minimum atomic E-state index is -2.53. The predicted octanol–water partition coefficient (Wildman–Crippen LogP) is 1.94. The van der Waals surface area contributed by atoms with Crippen LogP contribution in [-0.4, -0.2) is 28.3 Å². The van der Waals surface area contributed by atoms with Crippen LogP contribution >= 0.6 is 0 Å². The smallest absolute Gasteiger partial charge is 0.319 e. The van der Waals surface area contributed by atoms with Crippen LogP contribution in [0.1, 0.15) is 32.1 Å². The van der Waals surface area contributed by atoms with Crippen LogP contribution < -0.4 is 5.32 Å². The second-order valence-electron chi connectivity index (χ2n) is 4.25. The van der Waals surface area contributed by atoms with Crippen molar-refractivity contribution in [2.75, 3.05) is 6.61 Å². The van der Waals surface area contributed by atoms with Gasteiger partial charge in [0.1, 0.15) is 5.82 Å². The minimum absolute atomic E-state index is 0.153. The lowest BCUT2D eigenvalue weighted by molar-refractivity contribution is 0.0643. The normalized spacial score (nSPS) is 22.2. The van der Waals surface area contributed by atoms with Crippen molar-refractivity contribution in [2.45, 2.75) is 45.0 Å². The number of hydrogen-bond donors (Lipinski definition) is 1. The largest absolute Gasteiger partial charge is 0.377 e. The molecule has 1 aromatic rings. The number of halogens is 2. The quantitative estimate of drug-likeness (QED) is 0.861. The average Bonchev–Trinajstić information content (AvgIpc) is 2.96. The van der Waals surface area contributed by atoms with Gasteiger partial charge in [-0.25, -0.2) is 4.98 Å². The van der Waals surface area contributed by atoms with Gasteiger partial charge in [0.05, 0.1) is 12.6 Å². The Labute approximate surface area is 99.0 Å². The Morgan fingerprint density at radius 3 is 3.12 bits per heavy atom. The number of hydrogen-bond acceptors (Lipinski definition) is 3. The van der Waals surface area contributed by atoms with Crippen LogP contribution in [0.2, 0.25) is 0 Å². The van der Waals surface area contributed by atoms with Gasteiger partial charge in [-0.3, -0.25) is 4.57 Å². The zero-order valence-corrected chi connectivity index (χ0v) is 9.77. The molecular weight excluding hydrogens is 228 g/mol. The molecule has 0 bridgehead atoms. The third kappa shape index (κ3) is 3.01. The highest BCUT2D eigenvalue weighted by atomic mass is 19.3. The number of rotatable bonds is 5. The minimum Gasteiger partial charge on any atom is -0.377 e. The number of ether oxygens (including phenoxy) is 1. The van der Waals surface area contributed by atoms with Crippen LogP contribution in [0.25, 0.3) is 0 Å². The lowest BCUT2D eigenvalue weighted by Crippen LogP contribution is -2.37. The van der Waals surface area contributed by atoms with E-state index in [1.807, 2.05) is 6.92 Å². The Hall–Kier alpha value is -1.01. The van der Waals surface area contributed by atoms with Crippen molar-refractivity contribution >= 4 is 0 Å². The van der Waals surface area contributed by atoms with E-state index >= 15 is 0 Å². The van der Waals surface area contributed by atoms with E-state index in [1.165, 1.54) is 12.4 Å². The summed E-state index contributed by atoms with van der Waals surface area (Å²) in [6.07, 6.45) is 4.96. The summed E-state index contributed by atoms with van der Waals surface area (Å²) in [6.45, 7) is 0.596. The van der Waals surface area contributed by atoms with Crippen molar-refractivity contribution in [3.8, 4) is 0 Å². The second kappa shape index (κ2) is 5.55. The van der Waals surface area contributed by atoms with E-state index in [-0.39, 0.29) is 12.1 Å². The zero-order valence-electron chi connectivity index (χ0n) is 9.77. The topological polar surface area (TPSA) is 39.1 Å². The first-order chi connectivity index (χ1) is 8.18. The predicted molar refractivity (Wildman–Crippen MR) is 58.8 cm³/mol. The average molecular weight is 245 g/mol. The van der Waals surface area contributed by atoms with Crippen molar-refractivity contribution < 1.29 is 13.5 Å². The van der Waals surface area contributed by atoms with Gasteiger partial charge >= 0.3 is 6.55 Å². The van der Waals surface area contributed by atoms with E-state index in [1.54, 1.807) is 0 Å². The van der Waals surface area contributed by atoms with Gasteiger partial charge < -0.3 is 10.1 Å². The molecule has 2 atom stereocenters. The number of nitrogens with one attached hydrogen (secondary N) is 1. The number of nitrogens with zero attached hydrogens (tertiary/aromatic N) is 2. The lowest BCUT2D eigenvalue weighted by atomic mass is 10.1. The zero-order chi connectivity index (χ0) is 12.3. The van der Waals surface area contributed by atoms with Gasteiger partial charge in [0, 0.05) is 25.0 Å². The molecule has 17 heavy (non-hydrogen) atoms. The molecule has 6 heteroatoms. The van der Waals surface area contributed by atoms with E-state index < -0.39 is 6.55 Å².